The summed E-state index contributed by atoms with van der Waals surface area (Å²) < 4.78 is 4.98. The normalized spacial score (nSPS) is 9.40. The number of rotatable bonds is 4. The Morgan fingerprint density at radius 2 is 2.13 bits per heavy atom. The molecule has 0 saturated carbocycles. The molecule has 76 valence electrons. The van der Waals surface area contributed by atoms with E-state index in [4.69, 9.17) is 4.43 Å². The first kappa shape index (κ1) is 11.5. The van der Waals surface area contributed by atoms with Crippen LogP contribution < -0.4 is 5.19 Å². The van der Waals surface area contributed by atoms with Crippen molar-refractivity contribution in [3.05, 3.63) is 42.5 Å². The van der Waals surface area contributed by atoms with Gasteiger partial charge in [0.25, 0.3) is 5.97 Å². The number of carbonyl (C=O) groups is 1. The Labute approximate surface area is 92.2 Å². The lowest BCUT2D eigenvalue weighted by Crippen LogP contribution is -2.23. The van der Waals surface area contributed by atoms with Gasteiger partial charge in [0, 0.05) is 6.92 Å². The van der Waals surface area contributed by atoms with Crippen LogP contribution in [-0.4, -0.2) is 15.7 Å². The van der Waals surface area contributed by atoms with E-state index in [0.717, 1.165) is 16.3 Å². The zero-order valence-corrected chi connectivity index (χ0v) is 9.62. The van der Waals surface area contributed by atoms with Crippen LogP contribution in [0.2, 0.25) is 0 Å². The van der Waals surface area contributed by atoms with E-state index in [2.05, 4.69) is 13.2 Å². The number of hydrogen-bond acceptors (Lipinski definition) is 2. The van der Waals surface area contributed by atoms with Crippen molar-refractivity contribution in [2.45, 2.75) is 6.92 Å². The smallest absolute Gasteiger partial charge is 0.355 e. The molecule has 0 amide bonds. The van der Waals surface area contributed by atoms with Crippen LogP contribution in [0.4, 0.5) is 0 Å². The highest BCUT2D eigenvalue weighted by Crippen LogP contribution is 2.08. The second kappa shape index (κ2) is 5.31. The van der Waals surface area contributed by atoms with Crippen molar-refractivity contribution in [1.29, 1.82) is 0 Å². The maximum absolute atomic E-state index is 10.7. The van der Waals surface area contributed by atoms with Crippen molar-refractivity contribution in [2.75, 3.05) is 0 Å². The molecule has 0 atom stereocenters. The van der Waals surface area contributed by atoms with Crippen LogP contribution in [0.15, 0.2) is 31.4 Å². The van der Waals surface area contributed by atoms with Gasteiger partial charge in [0.1, 0.15) is 0 Å². The Bertz CT molecular complexity index is 397. The van der Waals surface area contributed by atoms with Crippen molar-refractivity contribution in [1.82, 2.24) is 0 Å². The van der Waals surface area contributed by atoms with Gasteiger partial charge in [-0.1, -0.05) is 43.5 Å². The maximum Gasteiger partial charge on any atom is 0.355 e. The number of carbonyl (C=O) groups excluding carboxylic acids is 1. The predicted molar refractivity (Wildman–Crippen MR) is 63.8 cm³/mol. The predicted octanol–water partition coefficient (Wildman–Crippen LogP) is 1.78. The van der Waals surface area contributed by atoms with Gasteiger partial charge in [0.15, 0.2) is 0 Å². The van der Waals surface area contributed by atoms with Gasteiger partial charge < -0.3 is 4.43 Å². The fourth-order valence-electron chi connectivity index (χ4n) is 1.20. The molecule has 0 fully saturated rings. The molecule has 2 nitrogen and oxygen atoms in total. The molecule has 15 heavy (non-hydrogen) atoms. The fraction of sp³-hybridized carbons (Fsp3) is 0.0833. The Kier molecular flexibility index (Phi) is 4.06. The lowest BCUT2D eigenvalue weighted by Gasteiger charge is -2.07. The van der Waals surface area contributed by atoms with Gasteiger partial charge in [-0.3, -0.25) is 4.79 Å². The van der Waals surface area contributed by atoms with Gasteiger partial charge in [-0.25, -0.2) is 0 Å². The third-order valence-electron chi connectivity index (χ3n) is 1.87. The highest BCUT2D eigenvalue weighted by atomic mass is 28.2. The summed E-state index contributed by atoms with van der Waals surface area (Å²) in [5, 5.41) is 0.970. The highest BCUT2D eigenvalue weighted by molar-refractivity contribution is 6.50. The van der Waals surface area contributed by atoms with Crippen LogP contribution >= 0.6 is 0 Å². The largest absolute Gasteiger partial charge is 0.511 e. The second-order valence-electron chi connectivity index (χ2n) is 2.91. The molecule has 0 saturated heterocycles. The first-order chi connectivity index (χ1) is 7.19. The topological polar surface area (TPSA) is 26.3 Å². The molecule has 0 unspecified atom stereocenters. The van der Waals surface area contributed by atoms with Gasteiger partial charge in [-0.2, -0.15) is 0 Å². The summed E-state index contributed by atoms with van der Waals surface area (Å²) in [4.78, 5) is 10.7. The lowest BCUT2D eigenvalue weighted by atomic mass is 10.1. The summed E-state index contributed by atoms with van der Waals surface area (Å²) in [6.07, 6.45) is 3.52. The molecule has 0 bridgehead atoms. The van der Waals surface area contributed by atoms with Crippen LogP contribution in [-0.2, 0) is 9.22 Å². The summed E-state index contributed by atoms with van der Waals surface area (Å²) in [5.74, 6) is -0.271. The molecule has 1 aromatic carbocycles. The molecular formula is C12H12O2Si. The summed E-state index contributed by atoms with van der Waals surface area (Å²) in [5.41, 5.74) is 1.98. The van der Waals surface area contributed by atoms with Gasteiger partial charge in [0.05, 0.1) is 0 Å². The molecule has 0 aromatic heterocycles. The maximum atomic E-state index is 10.7. The van der Waals surface area contributed by atoms with E-state index in [1.165, 1.54) is 6.92 Å². The van der Waals surface area contributed by atoms with E-state index in [1.807, 2.05) is 18.2 Å². The fourth-order valence-corrected chi connectivity index (χ4v) is 1.98. The molecule has 0 aliphatic carbocycles. The monoisotopic (exact) mass is 216 g/mol. The molecule has 1 rings (SSSR count). The first-order valence-electron chi connectivity index (χ1n) is 4.50. The summed E-state index contributed by atoms with van der Waals surface area (Å²) in [6.45, 7) is 8.87. The van der Waals surface area contributed by atoms with Crippen molar-refractivity contribution >= 4 is 33.1 Å². The lowest BCUT2D eigenvalue weighted by molar-refractivity contribution is -0.131. The van der Waals surface area contributed by atoms with Crippen LogP contribution in [0.1, 0.15) is 18.1 Å². The van der Waals surface area contributed by atoms with Crippen LogP contribution in [0.5, 0.6) is 0 Å². The zero-order chi connectivity index (χ0) is 11.3. The quantitative estimate of drug-likeness (QED) is 0.717. The molecule has 0 heterocycles. The van der Waals surface area contributed by atoms with E-state index in [1.54, 1.807) is 12.2 Å². The van der Waals surface area contributed by atoms with Gasteiger partial charge >= 0.3 is 9.76 Å². The Morgan fingerprint density at radius 3 is 2.67 bits per heavy atom. The highest BCUT2D eigenvalue weighted by Gasteiger charge is 2.07. The van der Waals surface area contributed by atoms with E-state index in [0.29, 0.717) is 0 Å². The zero-order valence-electron chi connectivity index (χ0n) is 8.62. The molecular weight excluding hydrogens is 204 g/mol. The SMILES string of the molecule is C=Cc1cccc([Si]OC(C)=O)c1C=C. The summed E-state index contributed by atoms with van der Waals surface area (Å²) in [6, 6.07) is 5.78. The van der Waals surface area contributed by atoms with Crippen molar-refractivity contribution in [3.63, 3.8) is 0 Å². The van der Waals surface area contributed by atoms with Crippen LogP contribution in [0.3, 0.4) is 0 Å². The van der Waals surface area contributed by atoms with E-state index in [-0.39, 0.29) is 15.7 Å². The third-order valence-corrected chi connectivity index (χ3v) is 2.91. The molecule has 1 aromatic rings. The summed E-state index contributed by atoms with van der Waals surface area (Å²) >= 11 is 0. The number of hydrogen-bond donors (Lipinski definition) is 0. The van der Waals surface area contributed by atoms with Gasteiger partial charge in [0.2, 0.25) is 0 Å². The minimum Gasteiger partial charge on any atom is -0.511 e. The Balaban J connectivity index is 3.00. The molecule has 0 aliphatic rings. The molecule has 0 spiro atoms. The van der Waals surface area contributed by atoms with E-state index in [9.17, 15) is 4.79 Å². The van der Waals surface area contributed by atoms with Crippen molar-refractivity contribution in [2.24, 2.45) is 0 Å². The standard InChI is InChI=1S/C12H12O2Si/c1-4-10-7-6-8-12(11(10)5-2)15-14-9(3)13/h4-8H,1-2H2,3H3. The summed E-state index contributed by atoms with van der Waals surface area (Å²) in [7, 11) is 0.0213. The van der Waals surface area contributed by atoms with Crippen molar-refractivity contribution < 1.29 is 9.22 Å². The van der Waals surface area contributed by atoms with Gasteiger partial charge in [-0.05, 0) is 16.3 Å². The van der Waals surface area contributed by atoms with E-state index < -0.39 is 0 Å². The van der Waals surface area contributed by atoms with Gasteiger partial charge in [-0.15, -0.1) is 0 Å². The Morgan fingerprint density at radius 1 is 1.40 bits per heavy atom. The average molecular weight is 216 g/mol. The average Bonchev–Trinajstić information content (AvgIpc) is 2.25. The second-order valence-corrected chi connectivity index (χ2v) is 3.86. The Hall–Kier alpha value is -1.61. The molecule has 2 radical (unpaired) electrons. The first-order valence-corrected chi connectivity index (χ1v) is 5.41. The van der Waals surface area contributed by atoms with Crippen LogP contribution in [0.25, 0.3) is 12.2 Å². The van der Waals surface area contributed by atoms with E-state index >= 15 is 0 Å². The van der Waals surface area contributed by atoms with Crippen LogP contribution in [0, 0.1) is 0 Å². The molecule has 3 heteroatoms. The number of benzene rings is 1. The molecule has 0 N–H and O–H groups in total. The third kappa shape index (κ3) is 2.92. The minimum absolute atomic E-state index is 0.0213. The van der Waals surface area contributed by atoms with Crippen molar-refractivity contribution in [3.8, 4) is 0 Å². The molecule has 0 aliphatic heterocycles. The minimum atomic E-state index is -0.271.